The number of aliphatic hydroxyl groups is 1. The van der Waals surface area contributed by atoms with Crippen molar-refractivity contribution < 1.29 is 19.5 Å². The van der Waals surface area contributed by atoms with E-state index in [9.17, 15) is 9.90 Å². The molecule has 0 radical (unpaired) electrons. The number of carbonyl (C=O) groups is 1. The van der Waals surface area contributed by atoms with Gasteiger partial charge in [0.1, 0.15) is 5.69 Å². The Morgan fingerprint density at radius 2 is 1.95 bits per heavy atom. The van der Waals surface area contributed by atoms with E-state index in [0.29, 0.717) is 12.1 Å². The van der Waals surface area contributed by atoms with E-state index in [1.807, 2.05) is 24.3 Å². The second-order valence-corrected chi connectivity index (χ2v) is 5.07. The molecule has 0 saturated carbocycles. The molecule has 1 heterocycles. The minimum Gasteiger partial charge on any atom is -0.475 e. The van der Waals surface area contributed by atoms with Crippen molar-refractivity contribution in [1.82, 2.24) is 5.16 Å². The molecule has 2 N–H and O–H groups in total. The molecule has 1 aromatic heterocycles. The molecule has 5 heteroatoms. The Labute approximate surface area is 110 Å². The largest absolute Gasteiger partial charge is 0.475 e. The van der Waals surface area contributed by atoms with Crippen molar-refractivity contribution >= 4 is 5.97 Å². The lowest BCUT2D eigenvalue weighted by Crippen LogP contribution is -2.21. The lowest BCUT2D eigenvalue weighted by molar-refractivity contribution is 0.0651. The molecule has 0 atom stereocenters. The van der Waals surface area contributed by atoms with Crippen LogP contribution in [0.1, 0.15) is 30.0 Å². The molecule has 19 heavy (non-hydrogen) atoms. The Morgan fingerprint density at radius 3 is 2.42 bits per heavy atom. The van der Waals surface area contributed by atoms with E-state index in [1.165, 1.54) is 6.07 Å². The molecule has 0 unspecified atom stereocenters. The topological polar surface area (TPSA) is 83.6 Å². The molecule has 0 aliphatic carbocycles. The first kappa shape index (κ1) is 13.3. The Bertz CT molecular complexity index is 578. The van der Waals surface area contributed by atoms with E-state index in [-0.39, 0.29) is 5.76 Å². The van der Waals surface area contributed by atoms with Gasteiger partial charge in [-0.25, -0.2) is 4.79 Å². The number of benzene rings is 1. The quantitative estimate of drug-likeness (QED) is 0.882. The van der Waals surface area contributed by atoms with Gasteiger partial charge in [-0.2, -0.15) is 0 Å². The van der Waals surface area contributed by atoms with Crippen molar-refractivity contribution in [3.05, 3.63) is 41.7 Å². The summed E-state index contributed by atoms with van der Waals surface area (Å²) in [7, 11) is 0. The zero-order chi connectivity index (χ0) is 14.0. The van der Waals surface area contributed by atoms with Crippen LogP contribution in [0.15, 0.2) is 34.9 Å². The van der Waals surface area contributed by atoms with Crippen LogP contribution >= 0.6 is 0 Å². The van der Waals surface area contributed by atoms with Crippen molar-refractivity contribution in [1.29, 1.82) is 0 Å². The van der Waals surface area contributed by atoms with Crippen LogP contribution in [0, 0.1) is 0 Å². The number of hydrogen-bond donors (Lipinski definition) is 2. The van der Waals surface area contributed by atoms with Crippen LogP contribution in [0.25, 0.3) is 11.3 Å². The van der Waals surface area contributed by atoms with E-state index in [0.717, 1.165) is 11.1 Å². The third-order valence-electron chi connectivity index (χ3n) is 2.61. The summed E-state index contributed by atoms with van der Waals surface area (Å²) < 4.78 is 4.70. The SMILES string of the molecule is CC(C)(O)Cc1ccc(-c2cc(C(=O)O)on2)cc1. The molecule has 0 amide bonds. The lowest BCUT2D eigenvalue weighted by Gasteiger charge is -2.16. The molecule has 100 valence electrons. The molecule has 0 aliphatic rings. The molecule has 0 saturated heterocycles. The molecule has 1 aromatic carbocycles. The highest BCUT2D eigenvalue weighted by molar-refractivity contribution is 5.85. The Kier molecular flexibility index (Phi) is 3.40. The summed E-state index contributed by atoms with van der Waals surface area (Å²) in [6.07, 6.45) is 0.548. The molecule has 5 nitrogen and oxygen atoms in total. The van der Waals surface area contributed by atoms with Gasteiger partial charge in [0.25, 0.3) is 0 Å². The molecular weight excluding hydrogens is 246 g/mol. The van der Waals surface area contributed by atoms with E-state index >= 15 is 0 Å². The van der Waals surface area contributed by atoms with Crippen molar-refractivity contribution in [2.24, 2.45) is 0 Å². The summed E-state index contributed by atoms with van der Waals surface area (Å²) in [5.41, 5.74) is 1.49. The molecule has 0 bridgehead atoms. The van der Waals surface area contributed by atoms with Crippen LogP contribution in [0.3, 0.4) is 0 Å². The first-order valence-electron chi connectivity index (χ1n) is 5.87. The van der Waals surface area contributed by atoms with Gasteiger partial charge < -0.3 is 14.7 Å². The highest BCUT2D eigenvalue weighted by atomic mass is 16.5. The second-order valence-electron chi connectivity index (χ2n) is 5.07. The number of carboxylic acid groups (broad SMARTS) is 1. The average molecular weight is 261 g/mol. The first-order chi connectivity index (χ1) is 8.85. The van der Waals surface area contributed by atoms with E-state index in [4.69, 9.17) is 9.63 Å². The normalized spacial score (nSPS) is 11.5. The van der Waals surface area contributed by atoms with Crippen LogP contribution < -0.4 is 0 Å². The molecule has 0 spiro atoms. The summed E-state index contributed by atoms with van der Waals surface area (Å²) in [5, 5.41) is 22.2. The summed E-state index contributed by atoms with van der Waals surface area (Å²) in [5.74, 6) is -1.33. The highest BCUT2D eigenvalue weighted by Crippen LogP contribution is 2.21. The maximum Gasteiger partial charge on any atom is 0.374 e. The van der Waals surface area contributed by atoms with Crippen molar-refractivity contribution in [3.63, 3.8) is 0 Å². The zero-order valence-corrected chi connectivity index (χ0v) is 10.8. The van der Waals surface area contributed by atoms with E-state index in [2.05, 4.69) is 5.16 Å². The minimum atomic E-state index is -1.14. The minimum absolute atomic E-state index is 0.185. The number of aromatic nitrogens is 1. The lowest BCUT2D eigenvalue weighted by atomic mass is 9.97. The van der Waals surface area contributed by atoms with Crippen molar-refractivity contribution in [2.75, 3.05) is 0 Å². The molecule has 2 rings (SSSR count). The summed E-state index contributed by atoms with van der Waals surface area (Å²) in [6.45, 7) is 3.50. The number of hydrogen-bond acceptors (Lipinski definition) is 4. The summed E-state index contributed by atoms with van der Waals surface area (Å²) in [4.78, 5) is 10.7. The predicted octanol–water partition coefficient (Wildman–Crippen LogP) is 2.35. The highest BCUT2D eigenvalue weighted by Gasteiger charge is 2.15. The predicted molar refractivity (Wildman–Crippen MR) is 68.9 cm³/mol. The fourth-order valence-electron chi connectivity index (χ4n) is 1.80. The monoisotopic (exact) mass is 261 g/mol. The fraction of sp³-hybridized carbons (Fsp3) is 0.286. The summed E-state index contributed by atoms with van der Waals surface area (Å²) >= 11 is 0. The molecule has 0 fully saturated rings. The van der Waals surface area contributed by atoms with Crippen LogP contribution in [-0.2, 0) is 6.42 Å². The van der Waals surface area contributed by atoms with Gasteiger partial charge in [-0.05, 0) is 19.4 Å². The van der Waals surface area contributed by atoms with Gasteiger partial charge in [-0.1, -0.05) is 29.4 Å². The maximum absolute atomic E-state index is 10.7. The third-order valence-corrected chi connectivity index (χ3v) is 2.61. The second kappa shape index (κ2) is 4.85. The Balaban J connectivity index is 2.20. The van der Waals surface area contributed by atoms with Crippen LogP contribution in [0.4, 0.5) is 0 Å². The standard InChI is InChI=1S/C14H15NO4/c1-14(2,18)8-9-3-5-10(6-4-9)11-7-12(13(16)17)19-15-11/h3-7,18H,8H2,1-2H3,(H,16,17). The Hall–Kier alpha value is -2.14. The van der Waals surface area contributed by atoms with Crippen LogP contribution in [0.5, 0.6) is 0 Å². The molecule has 2 aromatic rings. The number of rotatable bonds is 4. The average Bonchev–Trinajstić information content (AvgIpc) is 2.77. The Morgan fingerprint density at radius 1 is 1.32 bits per heavy atom. The number of aromatic carboxylic acids is 1. The van der Waals surface area contributed by atoms with Gasteiger partial charge in [0, 0.05) is 18.1 Å². The van der Waals surface area contributed by atoms with Gasteiger partial charge in [-0.15, -0.1) is 0 Å². The number of carboxylic acids is 1. The smallest absolute Gasteiger partial charge is 0.374 e. The van der Waals surface area contributed by atoms with Crippen molar-refractivity contribution in [2.45, 2.75) is 25.9 Å². The first-order valence-corrected chi connectivity index (χ1v) is 5.87. The summed E-state index contributed by atoms with van der Waals surface area (Å²) in [6, 6.07) is 8.79. The number of nitrogens with zero attached hydrogens (tertiary/aromatic N) is 1. The molecule has 0 aliphatic heterocycles. The van der Waals surface area contributed by atoms with Gasteiger partial charge in [0.2, 0.25) is 5.76 Å². The van der Waals surface area contributed by atoms with Gasteiger partial charge in [0.05, 0.1) is 5.60 Å². The zero-order valence-electron chi connectivity index (χ0n) is 10.8. The van der Waals surface area contributed by atoms with Crippen LogP contribution in [-0.4, -0.2) is 26.9 Å². The fourth-order valence-corrected chi connectivity index (χ4v) is 1.80. The van der Waals surface area contributed by atoms with Crippen LogP contribution in [0.2, 0.25) is 0 Å². The third kappa shape index (κ3) is 3.42. The maximum atomic E-state index is 10.7. The molecular formula is C14H15NO4. The van der Waals surface area contributed by atoms with Gasteiger partial charge in [0.15, 0.2) is 0 Å². The van der Waals surface area contributed by atoms with E-state index < -0.39 is 11.6 Å². The van der Waals surface area contributed by atoms with Crippen molar-refractivity contribution in [3.8, 4) is 11.3 Å². The van der Waals surface area contributed by atoms with Gasteiger partial charge >= 0.3 is 5.97 Å². The van der Waals surface area contributed by atoms with E-state index in [1.54, 1.807) is 13.8 Å². The van der Waals surface area contributed by atoms with Gasteiger partial charge in [-0.3, -0.25) is 0 Å².